The fourth-order valence-electron chi connectivity index (χ4n) is 3.75. The molecule has 2 aromatic heterocycles. The number of aryl methyl sites for hydroxylation is 1. The van der Waals surface area contributed by atoms with E-state index < -0.39 is 27.4 Å². The first-order valence-corrected chi connectivity index (χ1v) is 12.5. The second-order valence-corrected chi connectivity index (χ2v) is 9.61. The highest BCUT2D eigenvalue weighted by atomic mass is 32.2. The summed E-state index contributed by atoms with van der Waals surface area (Å²) >= 11 is 0. The predicted octanol–water partition coefficient (Wildman–Crippen LogP) is 3.47. The summed E-state index contributed by atoms with van der Waals surface area (Å²) in [5, 5.41) is 17.2. The van der Waals surface area contributed by atoms with Crippen molar-refractivity contribution in [3.05, 3.63) is 76.1 Å². The number of pyridine rings is 1. The number of amides is 1. The maximum Gasteiger partial charge on any atom is 0.334 e. The minimum atomic E-state index is -0.855. The number of nitro groups is 1. The minimum Gasteiger partial charge on any atom is -0.469 e. The SMILES string of the molecule is O=C(CCc1ccco1)Nc1nccc(NCc2ccc(N3CCS(=O)CC3)c(F)c2)c1[N+](=O)[O-]. The first kappa shape index (κ1) is 24.3. The molecule has 1 aromatic carbocycles. The van der Waals surface area contributed by atoms with E-state index in [4.69, 9.17) is 4.42 Å². The van der Waals surface area contributed by atoms with Gasteiger partial charge in [-0.1, -0.05) is 6.07 Å². The average Bonchev–Trinajstić information content (AvgIpc) is 3.36. The monoisotopic (exact) mass is 501 g/mol. The molecule has 1 aliphatic heterocycles. The van der Waals surface area contributed by atoms with E-state index in [2.05, 4.69) is 15.6 Å². The highest BCUT2D eigenvalue weighted by molar-refractivity contribution is 7.85. The lowest BCUT2D eigenvalue weighted by Gasteiger charge is -2.28. The number of nitrogens with one attached hydrogen (secondary N) is 2. The van der Waals surface area contributed by atoms with E-state index in [1.807, 2.05) is 4.90 Å². The Balaban J connectivity index is 1.42. The fraction of sp³-hybridized carbons (Fsp3) is 0.304. The van der Waals surface area contributed by atoms with E-state index in [9.17, 15) is 23.5 Å². The topological polar surface area (TPSA) is 131 Å². The number of rotatable bonds is 9. The molecule has 1 fully saturated rings. The molecule has 35 heavy (non-hydrogen) atoms. The Morgan fingerprint density at radius 2 is 2.06 bits per heavy atom. The van der Waals surface area contributed by atoms with Crippen molar-refractivity contribution in [3.63, 3.8) is 0 Å². The van der Waals surface area contributed by atoms with Gasteiger partial charge < -0.3 is 20.0 Å². The van der Waals surface area contributed by atoms with Gasteiger partial charge in [0.15, 0.2) is 0 Å². The van der Waals surface area contributed by atoms with Gasteiger partial charge in [0.2, 0.25) is 11.7 Å². The minimum absolute atomic E-state index is 0.0720. The molecule has 0 bridgehead atoms. The van der Waals surface area contributed by atoms with Crippen molar-refractivity contribution in [1.29, 1.82) is 0 Å². The lowest BCUT2D eigenvalue weighted by Crippen LogP contribution is -2.38. The standard InChI is InChI=1S/C23H24FN5O5S/c24-18-14-16(3-5-20(18)28-9-12-35(33)13-10-28)15-26-19-7-8-25-23(22(19)29(31)32)27-21(30)6-4-17-2-1-11-34-17/h1-3,5,7-8,11,14H,4,6,9-10,12-13,15H2,(H2,25,26,27,30). The smallest absolute Gasteiger partial charge is 0.334 e. The van der Waals surface area contributed by atoms with E-state index in [0.29, 0.717) is 48.0 Å². The maximum absolute atomic E-state index is 14.7. The summed E-state index contributed by atoms with van der Waals surface area (Å²) < 4.78 is 31.5. The summed E-state index contributed by atoms with van der Waals surface area (Å²) in [5.74, 6) is 0.630. The van der Waals surface area contributed by atoms with Crippen LogP contribution in [0, 0.1) is 15.9 Å². The van der Waals surface area contributed by atoms with E-state index in [1.54, 1.807) is 24.3 Å². The predicted molar refractivity (Wildman–Crippen MR) is 130 cm³/mol. The van der Waals surface area contributed by atoms with Gasteiger partial charge in [0.25, 0.3) is 0 Å². The Kier molecular flexibility index (Phi) is 7.70. The Bertz CT molecular complexity index is 1230. The van der Waals surface area contributed by atoms with Crippen molar-refractivity contribution < 1.29 is 22.7 Å². The van der Waals surface area contributed by atoms with E-state index in [-0.39, 0.29) is 30.2 Å². The van der Waals surface area contributed by atoms with Crippen molar-refractivity contribution >= 4 is 39.6 Å². The number of aromatic nitrogens is 1. The van der Waals surface area contributed by atoms with E-state index >= 15 is 0 Å². The first-order valence-electron chi connectivity index (χ1n) is 11.0. The summed E-state index contributed by atoms with van der Waals surface area (Å²) in [6.45, 7) is 1.18. The molecule has 0 aliphatic carbocycles. The molecule has 0 unspecified atom stereocenters. The van der Waals surface area contributed by atoms with Crippen molar-refractivity contribution in [3.8, 4) is 0 Å². The number of carbonyl (C=O) groups excluding carboxylic acids is 1. The Morgan fingerprint density at radius 1 is 1.26 bits per heavy atom. The van der Waals surface area contributed by atoms with Crippen molar-refractivity contribution in [2.75, 3.05) is 40.1 Å². The van der Waals surface area contributed by atoms with Gasteiger partial charge in [0.1, 0.15) is 17.3 Å². The third-order valence-corrected chi connectivity index (χ3v) is 6.83. The molecule has 10 nitrogen and oxygen atoms in total. The molecule has 3 heterocycles. The summed E-state index contributed by atoms with van der Waals surface area (Å²) in [6.07, 6.45) is 3.27. The average molecular weight is 502 g/mol. The molecule has 0 saturated carbocycles. The van der Waals surface area contributed by atoms with Crippen LogP contribution in [0.5, 0.6) is 0 Å². The Hall–Kier alpha value is -3.80. The second kappa shape index (κ2) is 11.1. The number of benzene rings is 1. The van der Waals surface area contributed by atoms with E-state index in [1.165, 1.54) is 24.6 Å². The molecule has 184 valence electrons. The number of anilines is 3. The summed E-state index contributed by atoms with van der Waals surface area (Å²) in [7, 11) is -0.855. The third-order valence-electron chi connectivity index (χ3n) is 5.56. The molecule has 12 heteroatoms. The van der Waals surface area contributed by atoms with Gasteiger partial charge in [-0.15, -0.1) is 0 Å². The number of carbonyl (C=O) groups is 1. The van der Waals surface area contributed by atoms with Crippen molar-refractivity contribution in [1.82, 2.24) is 4.98 Å². The molecule has 4 rings (SSSR count). The Morgan fingerprint density at radius 3 is 2.74 bits per heavy atom. The highest BCUT2D eigenvalue weighted by Crippen LogP contribution is 2.31. The highest BCUT2D eigenvalue weighted by Gasteiger charge is 2.23. The Labute approximate surface area is 203 Å². The van der Waals surface area contributed by atoms with Gasteiger partial charge in [-0.2, -0.15) is 0 Å². The second-order valence-electron chi connectivity index (χ2n) is 7.91. The quantitative estimate of drug-likeness (QED) is 0.337. The van der Waals surface area contributed by atoms with Crippen molar-refractivity contribution in [2.24, 2.45) is 0 Å². The van der Waals surface area contributed by atoms with Crippen LogP contribution in [0.2, 0.25) is 0 Å². The molecule has 2 N–H and O–H groups in total. The van der Waals surface area contributed by atoms with Gasteiger partial charge in [0.05, 0.1) is 16.9 Å². The maximum atomic E-state index is 14.7. The number of halogens is 1. The summed E-state index contributed by atoms with van der Waals surface area (Å²) in [6, 6.07) is 9.65. The van der Waals surface area contributed by atoms with Gasteiger partial charge in [-0.25, -0.2) is 9.37 Å². The van der Waals surface area contributed by atoms with Crippen molar-refractivity contribution in [2.45, 2.75) is 19.4 Å². The normalized spacial score (nSPS) is 14.0. The summed E-state index contributed by atoms with van der Waals surface area (Å²) in [5.41, 5.74) is 0.799. The first-order chi connectivity index (χ1) is 16.9. The van der Waals surface area contributed by atoms with Gasteiger partial charge >= 0.3 is 5.69 Å². The van der Waals surface area contributed by atoms with Crippen LogP contribution in [0.4, 0.5) is 27.3 Å². The molecule has 1 amide bonds. The third kappa shape index (κ3) is 6.21. The number of furan rings is 1. The zero-order valence-electron chi connectivity index (χ0n) is 18.7. The van der Waals surface area contributed by atoms with Crippen LogP contribution in [0.15, 0.2) is 53.3 Å². The number of hydrogen-bond acceptors (Lipinski definition) is 8. The number of nitrogens with zero attached hydrogens (tertiary/aromatic N) is 3. The zero-order chi connectivity index (χ0) is 24.8. The van der Waals surface area contributed by atoms with Crippen LogP contribution in [0.1, 0.15) is 17.7 Å². The molecule has 3 aromatic rings. The molecule has 0 atom stereocenters. The largest absolute Gasteiger partial charge is 0.469 e. The number of hydrogen-bond donors (Lipinski definition) is 2. The lowest BCUT2D eigenvalue weighted by molar-refractivity contribution is -0.383. The zero-order valence-corrected chi connectivity index (χ0v) is 19.6. The van der Waals surface area contributed by atoms with Gasteiger partial charge in [-0.05, 0) is 35.9 Å². The lowest BCUT2D eigenvalue weighted by atomic mass is 10.1. The van der Waals surface area contributed by atoms with Crippen LogP contribution >= 0.6 is 0 Å². The van der Waals surface area contributed by atoms with Crippen LogP contribution < -0.4 is 15.5 Å². The fourth-order valence-corrected chi connectivity index (χ4v) is 4.80. The van der Waals surface area contributed by atoms with Crippen LogP contribution in [-0.2, 0) is 28.6 Å². The molecular weight excluding hydrogens is 477 g/mol. The van der Waals surface area contributed by atoms with E-state index in [0.717, 1.165) is 0 Å². The van der Waals surface area contributed by atoms with Crippen LogP contribution in [0.25, 0.3) is 0 Å². The van der Waals surface area contributed by atoms with Gasteiger partial charge in [0, 0.05) is 61.0 Å². The molecular formula is C23H24FN5O5S. The molecule has 0 radical (unpaired) electrons. The van der Waals surface area contributed by atoms with Gasteiger partial charge in [-0.3, -0.25) is 19.1 Å². The molecule has 1 aliphatic rings. The molecule has 1 saturated heterocycles. The molecule has 0 spiro atoms. The summed E-state index contributed by atoms with van der Waals surface area (Å²) in [4.78, 5) is 29.2. The van der Waals surface area contributed by atoms with Crippen LogP contribution in [-0.4, -0.2) is 44.6 Å². The van der Waals surface area contributed by atoms with Crippen LogP contribution in [0.3, 0.4) is 0 Å².